The number of rotatable bonds is 3. The molecule has 12 heavy (non-hydrogen) atoms. The highest BCUT2D eigenvalue weighted by Gasteiger charge is 2.23. The van der Waals surface area contributed by atoms with E-state index in [0.29, 0.717) is 15.7 Å². The van der Waals surface area contributed by atoms with E-state index in [1.54, 1.807) is 0 Å². The first-order valence-corrected chi connectivity index (χ1v) is 4.29. The van der Waals surface area contributed by atoms with Crippen molar-refractivity contribution in [1.82, 2.24) is 9.78 Å². The van der Waals surface area contributed by atoms with E-state index in [0.717, 1.165) is 0 Å². The summed E-state index contributed by atoms with van der Waals surface area (Å²) in [6.07, 6.45) is -4.11. The largest absolute Gasteiger partial charge is 0.289 e. The molecule has 1 atom stereocenters. The number of alkyl halides is 4. The number of hydrogen-bond donors (Lipinski definition) is 0. The van der Waals surface area contributed by atoms with Crippen molar-refractivity contribution in [3.63, 3.8) is 0 Å². The summed E-state index contributed by atoms with van der Waals surface area (Å²) in [5.74, 6) is 0. The van der Waals surface area contributed by atoms with Crippen molar-refractivity contribution in [3.8, 4) is 0 Å². The summed E-state index contributed by atoms with van der Waals surface area (Å²) in [6, 6.07) is 1.48. The molecule has 1 aromatic heterocycles. The Labute approximate surface area is 75.5 Å². The van der Waals surface area contributed by atoms with Gasteiger partial charge in [0, 0.05) is 11.5 Å². The minimum Gasteiger partial charge on any atom is -0.229 e. The van der Waals surface area contributed by atoms with Crippen LogP contribution < -0.4 is 0 Å². The second kappa shape index (κ2) is 3.93. The third-order valence-corrected chi connectivity index (χ3v) is 1.91. The van der Waals surface area contributed by atoms with Gasteiger partial charge in [0.25, 0.3) is 12.7 Å². The molecule has 0 saturated heterocycles. The van der Waals surface area contributed by atoms with Crippen molar-refractivity contribution in [2.75, 3.05) is 0 Å². The van der Waals surface area contributed by atoms with Crippen LogP contribution in [0.4, 0.5) is 13.2 Å². The molecule has 0 bridgehead atoms. The lowest BCUT2D eigenvalue weighted by atomic mass is 10.5. The SMILES string of the molecule is FC(F)C(F)n1nccc1CBr. The Bertz CT molecular complexity index is 251. The zero-order valence-corrected chi connectivity index (χ0v) is 7.51. The molecule has 0 fully saturated rings. The second-order valence-electron chi connectivity index (χ2n) is 2.11. The van der Waals surface area contributed by atoms with Crippen LogP contribution in [-0.4, -0.2) is 16.2 Å². The first kappa shape index (κ1) is 9.57. The summed E-state index contributed by atoms with van der Waals surface area (Å²) in [4.78, 5) is 0. The van der Waals surface area contributed by atoms with Gasteiger partial charge in [0.2, 0.25) is 0 Å². The highest BCUT2D eigenvalue weighted by atomic mass is 79.9. The molecular formula is C6H6BrF3N2. The molecule has 0 aliphatic rings. The Hall–Kier alpha value is -0.520. The van der Waals surface area contributed by atoms with E-state index in [4.69, 9.17) is 0 Å². The van der Waals surface area contributed by atoms with E-state index < -0.39 is 12.7 Å². The van der Waals surface area contributed by atoms with Crippen molar-refractivity contribution in [3.05, 3.63) is 18.0 Å². The molecule has 0 amide bonds. The van der Waals surface area contributed by atoms with Gasteiger partial charge in [-0.2, -0.15) is 5.10 Å². The average Bonchev–Trinajstić information content (AvgIpc) is 2.49. The van der Waals surface area contributed by atoms with E-state index in [1.165, 1.54) is 12.3 Å². The van der Waals surface area contributed by atoms with Crippen LogP contribution in [0.25, 0.3) is 0 Å². The fourth-order valence-corrected chi connectivity index (χ4v) is 1.22. The molecule has 0 aromatic carbocycles. The zero-order valence-electron chi connectivity index (χ0n) is 5.92. The maximum atomic E-state index is 12.7. The Morgan fingerprint density at radius 1 is 1.50 bits per heavy atom. The van der Waals surface area contributed by atoms with Gasteiger partial charge in [0.1, 0.15) is 0 Å². The van der Waals surface area contributed by atoms with Gasteiger partial charge in [-0.05, 0) is 6.07 Å². The third-order valence-electron chi connectivity index (χ3n) is 1.33. The molecule has 0 aliphatic carbocycles. The topological polar surface area (TPSA) is 17.8 Å². The predicted octanol–water partition coefficient (Wildman–Crippen LogP) is 2.51. The minimum absolute atomic E-state index is 0.306. The summed E-state index contributed by atoms with van der Waals surface area (Å²) in [5.41, 5.74) is 0.391. The van der Waals surface area contributed by atoms with Crippen LogP contribution in [0.3, 0.4) is 0 Å². The number of nitrogens with zero attached hydrogens (tertiary/aromatic N) is 2. The monoisotopic (exact) mass is 242 g/mol. The van der Waals surface area contributed by atoms with Crippen LogP contribution >= 0.6 is 15.9 Å². The van der Waals surface area contributed by atoms with Crippen molar-refractivity contribution in [2.24, 2.45) is 0 Å². The fourth-order valence-electron chi connectivity index (χ4n) is 0.776. The van der Waals surface area contributed by atoms with Gasteiger partial charge in [0.15, 0.2) is 0 Å². The van der Waals surface area contributed by atoms with E-state index >= 15 is 0 Å². The lowest BCUT2D eigenvalue weighted by Crippen LogP contribution is -2.15. The van der Waals surface area contributed by atoms with Crippen molar-refractivity contribution in [1.29, 1.82) is 0 Å². The van der Waals surface area contributed by atoms with Gasteiger partial charge in [-0.1, -0.05) is 15.9 Å². The lowest BCUT2D eigenvalue weighted by molar-refractivity contribution is -0.000500. The maximum Gasteiger partial charge on any atom is 0.289 e. The Balaban J connectivity index is 2.86. The highest BCUT2D eigenvalue weighted by molar-refractivity contribution is 9.08. The van der Waals surface area contributed by atoms with Crippen LogP contribution in [0.2, 0.25) is 0 Å². The molecule has 0 saturated carbocycles. The third kappa shape index (κ3) is 1.80. The lowest BCUT2D eigenvalue weighted by Gasteiger charge is -2.09. The van der Waals surface area contributed by atoms with Gasteiger partial charge in [-0.3, -0.25) is 0 Å². The van der Waals surface area contributed by atoms with E-state index in [2.05, 4.69) is 21.0 Å². The molecule has 0 aliphatic heterocycles. The molecule has 1 aromatic rings. The van der Waals surface area contributed by atoms with Gasteiger partial charge < -0.3 is 0 Å². The first-order chi connectivity index (χ1) is 5.66. The van der Waals surface area contributed by atoms with Gasteiger partial charge in [-0.15, -0.1) is 0 Å². The minimum atomic E-state index is -3.04. The van der Waals surface area contributed by atoms with Crippen LogP contribution in [0.5, 0.6) is 0 Å². The molecule has 0 N–H and O–H groups in total. The Morgan fingerprint density at radius 2 is 2.17 bits per heavy atom. The summed E-state index contributed by atoms with van der Waals surface area (Å²) < 4.78 is 37.0. The highest BCUT2D eigenvalue weighted by Crippen LogP contribution is 2.19. The van der Waals surface area contributed by atoms with Crippen LogP contribution in [0, 0.1) is 0 Å². The molecule has 2 nitrogen and oxygen atoms in total. The fraction of sp³-hybridized carbons (Fsp3) is 0.500. The van der Waals surface area contributed by atoms with Gasteiger partial charge in [-0.25, -0.2) is 17.9 Å². The molecule has 6 heteroatoms. The quantitative estimate of drug-likeness (QED) is 0.746. The van der Waals surface area contributed by atoms with Crippen molar-refractivity contribution >= 4 is 15.9 Å². The molecule has 68 valence electrons. The van der Waals surface area contributed by atoms with Crippen molar-refractivity contribution < 1.29 is 13.2 Å². The van der Waals surface area contributed by atoms with Crippen LogP contribution in [-0.2, 0) is 5.33 Å². The molecule has 0 spiro atoms. The normalized spacial score (nSPS) is 13.8. The summed E-state index contributed by atoms with van der Waals surface area (Å²) >= 11 is 3.03. The summed E-state index contributed by atoms with van der Waals surface area (Å²) in [7, 11) is 0. The number of hydrogen-bond acceptors (Lipinski definition) is 1. The summed E-state index contributed by atoms with van der Waals surface area (Å²) in [6.45, 7) is 0. The Morgan fingerprint density at radius 3 is 2.67 bits per heavy atom. The van der Waals surface area contributed by atoms with Crippen LogP contribution in [0.1, 0.15) is 12.0 Å². The Kier molecular flexibility index (Phi) is 3.13. The molecular weight excluding hydrogens is 237 g/mol. The number of aromatic nitrogens is 2. The standard InChI is InChI=1S/C6H6BrF3N2/c7-3-4-1-2-11-12(4)6(10)5(8)9/h1-2,5-6H,3H2. The van der Waals surface area contributed by atoms with Crippen LogP contribution in [0.15, 0.2) is 12.3 Å². The number of halogens is 4. The van der Waals surface area contributed by atoms with E-state index in [9.17, 15) is 13.2 Å². The molecule has 1 unspecified atom stereocenters. The van der Waals surface area contributed by atoms with E-state index in [1.807, 2.05) is 0 Å². The molecule has 1 rings (SSSR count). The van der Waals surface area contributed by atoms with E-state index in [-0.39, 0.29) is 0 Å². The molecule has 1 heterocycles. The van der Waals surface area contributed by atoms with Crippen molar-refractivity contribution in [2.45, 2.75) is 18.1 Å². The maximum absolute atomic E-state index is 12.7. The zero-order chi connectivity index (χ0) is 9.14. The average molecular weight is 243 g/mol. The van der Waals surface area contributed by atoms with Gasteiger partial charge >= 0.3 is 0 Å². The predicted molar refractivity (Wildman–Crippen MR) is 41.0 cm³/mol. The smallest absolute Gasteiger partial charge is 0.229 e. The van der Waals surface area contributed by atoms with Gasteiger partial charge in [0.05, 0.1) is 5.69 Å². The molecule has 0 radical (unpaired) electrons. The first-order valence-electron chi connectivity index (χ1n) is 3.17. The second-order valence-corrected chi connectivity index (χ2v) is 2.67. The summed E-state index contributed by atoms with van der Waals surface area (Å²) in [5, 5.41) is 3.75.